The molecule has 0 heterocycles. The Bertz CT molecular complexity index is 643. The molecule has 0 bridgehead atoms. The van der Waals surface area contributed by atoms with E-state index in [1.165, 1.54) is 18.2 Å². The van der Waals surface area contributed by atoms with Gasteiger partial charge >= 0.3 is 0 Å². The van der Waals surface area contributed by atoms with Crippen LogP contribution >= 0.6 is 11.6 Å². The van der Waals surface area contributed by atoms with E-state index in [-0.39, 0.29) is 17.2 Å². The lowest BCUT2D eigenvalue weighted by molar-refractivity contribution is 0.0951. The third kappa shape index (κ3) is 3.89. The van der Waals surface area contributed by atoms with Crippen LogP contribution in [-0.2, 0) is 6.42 Å². The van der Waals surface area contributed by atoms with E-state index in [1.54, 1.807) is 7.11 Å². The first-order valence-corrected chi connectivity index (χ1v) is 6.88. The van der Waals surface area contributed by atoms with E-state index in [0.717, 1.165) is 11.3 Å². The number of carbonyl (C=O) groups is 1. The Morgan fingerprint density at radius 3 is 2.81 bits per heavy atom. The van der Waals surface area contributed by atoms with Crippen LogP contribution in [0.3, 0.4) is 0 Å². The van der Waals surface area contributed by atoms with Gasteiger partial charge in [-0.15, -0.1) is 0 Å². The summed E-state index contributed by atoms with van der Waals surface area (Å²) in [6.07, 6.45) is 0.636. The number of hydrogen-bond donors (Lipinski definition) is 2. The number of ether oxygens (including phenoxy) is 1. The van der Waals surface area contributed by atoms with Crippen molar-refractivity contribution in [3.05, 3.63) is 58.6 Å². The summed E-state index contributed by atoms with van der Waals surface area (Å²) in [6.45, 7) is 0.436. The van der Waals surface area contributed by atoms with Crippen molar-refractivity contribution in [1.82, 2.24) is 5.32 Å². The molecule has 0 unspecified atom stereocenters. The molecular weight excluding hydrogens is 290 g/mol. The van der Waals surface area contributed by atoms with Crippen LogP contribution in [0.1, 0.15) is 15.9 Å². The molecule has 0 radical (unpaired) electrons. The third-order valence-corrected chi connectivity index (χ3v) is 3.31. The maximum Gasteiger partial charge on any atom is 0.255 e. The molecule has 2 rings (SSSR count). The smallest absolute Gasteiger partial charge is 0.255 e. The van der Waals surface area contributed by atoms with Crippen LogP contribution in [0.2, 0.25) is 5.02 Å². The Kier molecular flexibility index (Phi) is 5.06. The van der Waals surface area contributed by atoms with Crippen molar-refractivity contribution < 1.29 is 14.6 Å². The van der Waals surface area contributed by atoms with E-state index < -0.39 is 0 Å². The van der Waals surface area contributed by atoms with Gasteiger partial charge in [-0.1, -0.05) is 29.8 Å². The summed E-state index contributed by atoms with van der Waals surface area (Å²) in [5.41, 5.74) is 1.18. The van der Waals surface area contributed by atoms with Gasteiger partial charge in [0.25, 0.3) is 5.91 Å². The zero-order valence-electron chi connectivity index (χ0n) is 11.6. The normalized spacial score (nSPS) is 10.2. The molecule has 0 aliphatic carbocycles. The number of nitrogens with one attached hydrogen (secondary N) is 1. The quantitative estimate of drug-likeness (QED) is 0.892. The molecule has 0 saturated carbocycles. The Morgan fingerprint density at radius 1 is 1.29 bits per heavy atom. The third-order valence-electron chi connectivity index (χ3n) is 3.08. The van der Waals surface area contributed by atoms with Crippen LogP contribution < -0.4 is 10.1 Å². The second-order valence-corrected chi connectivity index (χ2v) is 4.92. The minimum atomic E-state index is -0.357. The lowest BCUT2D eigenvalue weighted by Crippen LogP contribution is -2.25. The molecule has 0 saturated heterocycles. The second-order valence-electron chi connectivity index (χ2n) is 4.48. The highest BCUT2D eigenvalue weighted by Gasteiger charge is 2.11. The average molecular weight is 306 g/mol. The summed E-state index contributed by atoms with van der Waals surface area (Å²) in [7, 11) is 1.61. The van der Waals surface area contributed by atoms with Crippen LogP contribution in [0.15, 0.2) is 42.5 Å². The molecule has 0 spiro atoms. The topological polar surface area (TPSA) is 58.6 Å². The van der Waals surface area contributed by atoms with Gasteiger partial charge in [0.15, 0.2) is 0 Å². The number of para-hydroxylation sites is 1. The molecule has 0 atom stereocenters. The van der Waals surface area contributed by atoms with E-state index in [2.05, 4.69) is 5.32 Å². The van der Waals surface area contributed by atoms with Crippen molar-refractivity contribution in [3.63, 3.8) is 0 Å². The number of aromatic hydroxyl groups is 1. The maximum atomic E-state index is 12.0. The molecule has 2 aromatic rings. The van der Waals surface area contributed by atoms with E-state index >= 15 is 0 Å². The number of hydrogen-bond acceptors (Lipinski definition) is 3. The molecule has 110 valence electrons. The number of phenols is 1. The van der Waals surface area contributed by atoms with Gasteiger partial charge in [0.2, 0.25) is 0 Å². The standard InChI is InChI=1S/C16H16ClNO3/c1-21-15-5-3-2-4-11(15)8-9-18-16(20)13-10-12(17)6-7-14(13)19/h2-7,10,19H,8-9H2,1H3,(H,18,20). The van der Waals surface area contributed by atoms with Crippen molar-refractivity contribution in [3.8, 4) is 11.5 Å². The summed E-state index contributed by atoms with van der Waals surface area (Å²) in [4.78, 5) is 12.0. The SMILES string of the molecule is COc1ccccc1CCNC(=O)c1cc(Cl)ccc1O. The predicted octanol–water partition coefficient (Wildman–Crippen LogP) is 3.03. The number of benzene rings is 2. The number of rotatable bonds is 5. The fourth-order valence-electron chi connectivity index (χ4n) is 2.01. The summed E-state index contributed by atoms with van der Waals surface area (Å²) < 4.78 is 5.25. The van der Waals surface area contributed by atoms with Gasteiger partial charge in [-0.2, -0.15) is 0 Å². The first-order valence-electron chi connectivity index (χ1n) is 6.50. The molecule has 0 fully saturated rings. The van der Waals surface area contributed by atoms with Gasteiger partial charge in [-0.3, -0.25) is 4.79 Å². The predicted molar refractivity (Wildman–Crippen MR) is 82.1 cm³/mol. The minimum Gasteiger partial charge on any atom is -0.507 e. The maximum absolute atomic E-state index is 12.0. The highest BCUT2D eigenvalue weighted by atomic mass is 35.5. The molecule has 5 heteroatoms. The van der Waals surface area contributed by atoms with E-state index in [1.807, 2.05) is 24.3 Å². The summed E-state index contributed by atoms with van der Waals surface area (Å²) in [5.74, 6) is 0.344. The van der Waals surface area contributed by atoms with Crippen LogP contribution in [-0.4, -0.2) is 24.7 Å². The zero-order chi connectivity index (χ0) is 15.2. The monoisotopic (exact) mass is 305 g/mol. The van der Waals surface area contributed by atoms with E-state index in [9.17, 15) is 9.90 Å². The van der Waals surface area contributed by atoms with E-state index in [0.29, 0.717) is 18.0 Å². The fourth-order valence-corrected chi connectivity index (χ4v) is 2.18. The van der Waals surface area contributed by atoms with E-state index in [4.69, 9.17) is 16.3 Å². The highest BCUT2D eigenvalue weighted by Crippen LogP contribution is 2.21. The Balaban J connectivity index is 1.97. The van der Waals surface area contributed by atoms with Crippen LogP contribution in [0.25, 0.3) is 0 Å². The largest absolute Gasteiger partial charge is 0.507 e. The summed E-state index contributed by atoms with van der Waals surface area (Å²) in [5, 5.41) is 12.8. The fraction of sp³-hybridized carbons (Fsp3) is 0.188. The number of phenolic OH excluding ortho intramolecular Hbond substituents is 1. The summed E-state index contributed by atoms with van der Waals surface area (Å²) in [6, 6.07) is 12.0. The van der Waals surface area contributed by atoms with Gasteiger partial charge in [-0.05, 0) is 36.2 Å². The van der Waals surface area contributed by atoms with Crippen molar-refractivity contribution >= 4 is 17.5 Å². The molecule has 0 aromatic heterocycles. The van der Waals surface area contributed by atoms with Gasteiger partial charge in [0, 0.05) is 11.6 Å². The molecule has 0 aliphatic rings. The van der Waals surface area contributed by atoms with Gasteiger partial charge in [-0.25, -0.2) is 0 Å². The molecule has 0 aliphatic heterocycles. The lowest BCUT2D eigenvalue weighted by Gasteiger charge is -2.10. The van der Waals surface area contributed by atoms with Gasteiger partial charge in [0.1, 0.15) is 11.5 Å². The molecular formula is C16H16ClNO3. The zero-order valence-corrected chi connectivity index (χ0v) is 12.4. The molecule has 21 heavy (non-hydrogen) atoms. The minimum absolute atomic E-state index is 0.0887. The second kappa shape index (κ2) is 6.99. The van der Waals surface area contributed by atoms with Crippen molar-refractivity contribution in [1.29, 1.82) is 0 Å². The first kappa shape index (κ1) is 15.2. The van der Waals surface area contributed by atoms with Gasteiger partial charge in [0.05, 0.1) is 12.7 Å². The number of halogens is 1. The number of carbonyl (C=O) groups excluding carboxylic acids is 1. The number of methoxy groups -OCH3 is 1. The Morgan fingerprint density at radius 2 is 2.05 bits per heavy atom. The van der Waals surface area contributed by atoms with Crippen molar-refractivity contribution in [2.24, 2.45) is 0 Å². The lowest BCUT2D eigenvalue weighted by atomic mass is 10.1. The van der Waals surface area contributed by atoms with Gasteiger partial charge < -0.3 is 15.2 Å². The Labute approximate surface area is 128 Å². The Hall–Kier alpha value is -2.20. The molecule has 1 amide bonds. The van der Waals surface area contributed by atoms with Crippen molar-refractivity contribution in [2.45, 2.75) is 6.42 Å². The first-order chi connectivity index (χ1) is 10.1. The summed E-state index contributed by atoms with van der Waals surface area (Å²) >= 11 is 5.82. The van der Waals surface area contributed by atoms with Crippen LogP contribution in [0, 0.1) is 0 Å². The van der Waals surface area contributed by atoms with Crippen LogP contribution in [0.4, 0.5) is 0 Å². The molecule has 2 aromatic carbocycles. The average Bonchev–Trinajstić information content (AvgIpc) is 2.50. The van der Waals surface area contributed by atoms with Crippen LogP contribution in [0.5, 0.6) is 11.5 Å². The molecule has 4 nitrogen and oxygen atoms in total. The molecule has 2 N–H and O–H groups in total. The highest BCUT2D eigenvalue weighted by molar-refractivity contribution is 6.31. The number of amides is 1. The van der Waals surface area contributed by atoms with Crippen molar-refractivity contribution in [2.75, 3.05) is 13.7 Å².